The molecule has 0 unspecified atom stereocenters. The summed E-state index contributed by atoms with van der Waals surface area (Å²) in [7, 11) is 0. The first-order valence-corrected chi connectivity index (χ1v) is 9.58. The smallest absolute Gasteiger partial charge is 0.323 e. The molecule has 2 amide bonds. The van der Waals surface area contributed by atoms with Gasteiger partial charge in [0.25, 0.3) is 0 Å². The van der Waals surface area contributed by atoms with E-state index in [4.69, 9.17) is 0 Å². The highest BCUT2D eigenvalue weighted by molar-refractivity contribution is 5.88. The van der Waals surface area contributed by atoms with E-state index < -0.39 is 5.92 Å². The van der Waals surface area contributed by atoms with Crippen LogP contribution in [0.1, 0.15) is 37.8 Å². The SMILES string of the molecule is O=C(Nc1cc(CC2CC2)nn1-c1ccccc1)N1CCCC(F)(F)CC1. The lowest BCUT2D eigenvalue weighted by Gasteiger charge is -2.21. The van der Waals surface area contributed by atoms with E-state index in [1.807, 2.05) is 36.4 Å². The van der Waals surface area contributed by atoms with Crippen LogP contribution in [0.4, 0.5) is 19.4 Å². The predicted molar refractivity (Wildman–Crippen MR) is 99.4 cm³/mol. The summed E-state index contributed by atoms with van der Waals surface area (Å²) in [5.74, 6) is -1.42. The minimum Gasteiger partial charge on any atom is -0.324 e. The molecule has 144 valence electrons. The number of hydrogen-bond donors (Lipinski definition) is 1. The number of para-hydroxylation sites is 1. The van der Waals surface area contributed by atoms with Crippen LogP contribution in [0.3, 0.4) is 0 Å². The first-order valence-electron chi connectivity index (χ1n) is 9.58. The van der Waals surface area contributed by atoms with Crippen LogP contribution in [0.2, 0.25) is 0 Å². The number of nitrogens with zero attached hydrogens (tertiary/aromatic N) is 3. The zero-order chi connectivity index (χ0) is 18.9. The van der Waals surface area contributed by atoms with E-state index in [-0.39, 0.29) is 25.4 Å². The van der Waals surface area contributed by atoms with E-state index in [1.165, 1.54) is 17.7 Å². The Kier molecular flexibility index (Phi) is 4.85. The van der Waals surface area contributed by atoms with Crippen molar-refractivity contribution in [1.82, 2.24) is 14.7 Å². The number of benzene rings is 1. The van der Waals surface area contributed by atoms with Crippen LogP contribution >= 0.6 is 0 Å². The molecule has 0 spiro atoms. The fourth-order valence-electron chi connectivity index (χ4n) is 3.46. The number of halogens is 2. The van der Waals surface area contributed by atoms with Crippen molar-refractivity contribution >= 4 is 11.8 Å². The number of anilines is 1. The van der Waals surface area contributed by atoms with Crippen LogP contribution in [0, 0.1) is 5.92 Å². The first kappa shape index (κ1) is 17.9. The maximum absolute atomic E-state index is 13.6. The summed E-state index contributed by atoms with van der Waals surface area (Å²) >= 11 is 0. The number of rotatable bonds is 4. The van der Waals surface area contributed by atoms with Crippen molar-refractivity contribution in [3.05, 3.63) is 42.1 Å². The first-order chi connectivity index (χ1) is 13.0. The number of likely N-dealkylation sites (tertiary alicyclic amines) is 1. The van der Waals surface area contributed by atoms with Crippen molar-refractivity contribution in [2.75, 3.05) is 18.4 Å². The van der Waals surface area contributed by atoms with Gasteiger partial charge in [0.1, 0.15) is 5.82 Å². The molecule has 1 N–H and O–H groups in total. The second kappa shape index (κ2) is 7.29. The summed E-state index contributed by atoms with van der Waals surface area (Å²) in [6, 6.07) is 11.2. The molecule has 0 bridgehead atoms. The number of aromatic nitrogens is 2. The van der Waals surface area contributed by atoms with Gasteiger partial charge in [-0.05, 0) is 43.7 Å². The van der Waals surface area contributed by atoms with Crippen molar-refractivity contribution in [2.24, 2.45) is 5.92 Å². The maximum Gasteiger partial charge on any atom is 0.323 e. The molecule has 2 fully saturated rings. The Morgan fingerprint density at radius 3 is 2.70 bits per heavy atom. The number of nitrogens with one attached hydrogen (secondary N) is 1. The molecule has 0 atom stereocenters. The van der Waals surface area contributed by atoms with Gasteiger partial charge in [0.2, 0.25) is 5.92 Å². The Morgan fingerprint density at radius 2 is 1.96 bits per heavy atom. The Hall–Kier alpha value is -2.44. The number of amides is 2. The van der Waals surface area contributed by atoms with Crippen LogP contribution in [0.25, 0.3) is 5.69 Å². The lowest BCUT2D eigenvalue weighted by Crippen LogP contribution is -2.36. The predicted octanol–water partition coefficient (Wildman–Crippen LogP) is 4.48. The Bertz CT molecular complexity index is 802. The average molecular weight is 374 g/mol. The quantitative estimate of drug-likeness (QED) is 0.858. The molecule has 1 aliphatic carbocycles. The number of alkyl halides is 2. The largest absolute Gasteiger partial charge is 0.324 e. The summed E-state index contributed by atoms with van der Waals surface area (Å²) in [5, 5.41) is 7.55. The molecule has 2 aliphatic rings. The molecular weight excluding hydrogens is 350 g/mol. The van der Waals surface area contributed by atoms with Crippen molar-refractivity contribution in [3.63, 3.8) is 0 Å². The van der Waals surface area contributed by atoms with Gasteiger partial charge in [-0.25, -0.2) is 18.3 Å². The molecule has 1 saturated carbocycles. The van der Waals surface area contributed by atoms with Gasteiger partial charge in [-0.3, -0.25) is 5.32 Å². The molecule has 1 aromatic heterocycles. The minimum atomic E-state index is -2.68. The molecule has 0 radical (unpaired) electrons. The van der Waals surface area contributed by atoms with Crippen LogP contribution in [0.5, 0.6) is 0 Å². The standard InChI is InChI=1S/C20H24F2N4O/c21-20(22)9-4-11-25(12-10-20)19(27)23-18-14-16(13-15-7-8-15)24-26(18)17-5-2-1-3-6-17/h1-3,5-6,14-15H,4,7-13H2,(H,23,27). The van der Waals surface area contributed by atoms with Gasteiger partial charge in [0, 0.05) is 32.0 Å². The number of carbonyl (C=O) groups excluding carboxylic acids is 1. The van der Waals surface area contributed by atoms with E-state index in [0.717, 1.165) is 17.8 Å². The number of hydrogen-bond acceptors (Lipinski definition) is 2. The fraction of sp³-hybridized carbons (Fsp3) is 0.500. The van der Waals surface area contributed by atoms with Crippen molar-refractivity contribution in [3.8, 4) is 5.69 Å². The monoisotopic (exact) mass is 374 g/mol. The van der Waals surface area contributed by atoms with E-state index >= 15 is 0 Å². The Labute approximate surface area is 157 Å². The third-order valence-electron chi connectivity index (χ3n) is 5.20. The molecule has 2 aromatic rings. The summed E-state index contributed by atoms with van der Waals surface area (Å²) in [5.41, 5.74) is 1.80. The van der Waals surface area contributed by atoms with Crippen LogP contribution in [-0.2, 0) is 6.42 Å². The highest BCUT2D eigenvalue weighted by Crippen LogP contribution is 2.33. The van der Waals surface area contributed by atoms with E-state index in [0.29, 0.717) is 24.7 Å². The van der Waals surface area contributed by atoms with Crippen LogP contribution in [-0.4, -0.2) is 39.7 Å². The molecular formula is C20H24F2N4O. The minimum absolute atomic E-state index is 0.0627. The molecule has 7 heteroatoms. The second-order valence-corrected chi connectivity index (χ2v) is 7.54. The average Bonchev–Trinajstić information content (AvgIpc) is 3.40. The molecule has 27 heavy (non-hydrogen) atoms. The molecule has 1 saturated heterocycles. The Balaban J connectivity index is 1.53. The van der Waals surface area contributed by atoms with Gasteiger partial charge in [-0.1, -0.05) is 18.2 Å². The molecule has 1 aromatic carbocycles. The lowest BCUT2D eigenvalue weighted by molar-refractivity contribution is -0.0121. The molecule has 2 heterocycles. The lowest BCUT2D eigenvalue weighted by atomic mass is 10.1. The highest BCUT2D eigenvalue weighted by atomic mass is 19.3. The maximum atomic E-state index is 13.6. The summed E-state index contributed by atoms with van der Waals surface area (Å²) in [6.07, 6.45) is 3.21. The molecule has 5 nitrogen and oxygen atoms in total. The number of carbonyl (C=O) groups is 1. The van der Waals surface area contributed by atoms with E-state index in [1.54, 1.807) is 4.68 Å². The van der Waals surface area contributed by atoms with E-state index in [2.05, 4.69) is 10.4 Å². The van der Waals surface area contributed by atoms with Crippen molar-refractivity contribution in [1.29, 1.82) is 0 Å². The van der Waals surface area contributed by atoms with Gasteiger partial charge in [0.15, 0.2) is 0 Å². The van der Waals surface area contributed by atoms with Gasteiger partial charge in [-0.15, -0.1) is 0 Å². The summed E-state index contributed by atoms with van der Waals surface area (Å²) < 4.78 is 28.9. The third kappa shape index (κ3) is 4.46. The topological polar surface area (TPSA) is 50.2 Å². The zero-order valence-electron chi connectivity index (χ0n) is 15.2. The summed E-state index contributed by atoms with van der Waals surface area (Å²) in [6.45, 7) is 0.406. The van der Waals surface area contributed by atoms with Crippen molar-refractivity contribution in [2.45, 2.75) is 44.4 Å². The molecule has 1 aliphatic heterocycles. The van der Waals surface area contributed by atoms with Crippen LogP contribution in [0.15, 0.2) is 36.4 Å². The van der Waals surface area contributed by atoms with Gasteiger partial charge in [0.05, 0.1) is 11.4 Å². The highest BCUT2D eigenvalue weighted by Gasteiger charge is 2.33. The Morgan fingerprint density at radius 1 is 1.19 bits per heavy atom. The summed E-state index contributed by atoms with van der Waals surface area (Å²) in [4.78, 5) is 14.2. The van der Waals surface area contributed by atoms with Crippen LogP contribution < -0.4 is 5.32 Å². The fourth-order valence-corrected chi connectivity index (χ4v) is 3.46. The zero-order valence-corrected chi connectivity index (χ0v) is 15.2. The van der Waals surface area contributed by atoms with Gasteiger partial charge in [-0.2, -0.15) is 5.10 Å². The second-order valence-electron chi connectivity index (χ2n) is 7.54. The molecule has 4 rings (SSSR count). The van der Waals surface area contributed by atoms with Crippen molar-refractivity contribution < 1.29 is 13.6 Å². The number of urea groups is 1. The van der Waals surface area contributed by atoms with Gasteiger partial charge >= 0.3 is 6.03 Å². The third-order valence-corrected chi connectivity index (χ3v) is 5.20. The van der Waals surface area contributed by atoms with E-state index in [9.17, 15) is 13.6 Å². The van der Waals surface area contributed by atoms with Gasteiger partial charge < -0.3 is 4.90 Å². The normalized spacial score (nSPS) is 19.6.